The van der Waals surface area contributed by atoms with Crippen LogP contribution in [0.4, 0.5) is 0 Å². The quantitative estimate of drug-likeness (QED) is 0.529. The summed E-state index contributed by atoms with van der Waals surface area (Å²) in [6.45, 7) is 1.87. The molecule has 0 aliphatic carbocycles. The second-order valence-corrected chi connectivity index (χ2v) is 7.20. The second-order valence-electron chi connectivity index (χ2n) is 7.20. The van der Waals surface area contributed by atoms with Gasteiger partial charge >= 0.3 is 0 Å². The normalized spacial score (nSPS) is 15.5. The average molecular weight is 394 g/mol. The van der Waals surface area contributed by atoms with E-state index in [4.69, 9.17) is 10.5 Å². The minimum absolute atomic E-state index is 0.0133. The molecule has 0 bridgehead atoms. The molecule has 5 rings (SSSR count). The number of fused-ring (bicyclic) bond motifs is 2. The Labute approximate surface area is 173 Å². The van der Waals surface area contributed by atoms with Crippen LogP contribution in [0.15, 0.2) is 78.2 Å². The van der Waals surface area contributed by atoms with Crippen molar-refractivity contribution in [3.05, 3.63) is 95.0 Å². The van der Waals surface area contributed by atoms with E-state index in [9.17, 15) is 10.4 Å². The Morgan fingerprint density at radius 1 is 1.03 bits per heavy atom. The van der Waals surface area contributed by atoms with Gasteiger partial charge in [0.1, 0.15) is 17.4 Å². The lowest BCUT2D eigenvalue weighted by Gasteiger charge is -2.26. The van der Waals surface area contributed by atoms with Crippen LogP contribution in [0.5, 0.6) is 11.6 Å². The van der Waals surface area contributed by atoms with E-state index in [0.29, 0.717) is 17.1 Å². The molecule has 0 amide bonds. The van der Waals surface area contributed by atoms with E-state index in [2.05, 4.69) is 11.2 Å². The van der Waals surface area contributed by atoms with Crippen molar-refractivity contribution in [1.29, 1.82) is 5.26 Å². The SMILES string of the molecule is Cc1nn(-c2ccccc2)c2c1[C@H](c1c(O)ccc3ccccc13)C(C#N)=C(N)O2. The van der Waals surface area contributed by atoms with Gasteiger partial charge in [-0.1, -0.05) is 48.5 Å². The summed E-state index contributed by atoms with van der Waals surface area (Å²) in [7, 11) is 0. The molecule has 6 heteroatoms. The molecule has 1 atom stereocenters. The van der Waals surface area contributed by atoms with Crippen LogP contribution in [0.3, 0.4) is 0 Å². The number of hydrogen-bond donors (Lipinski definition) is 2. The van der Waals surface area contributed by atoms with Crippen molar-refractivity contribution in [2.75, 3.05) is 0 Å². The third-order valence-corrected chi connectivity index (χ3v) is 5.47. The first-order valence-corrected chi connectivity index (χ1v) is 9.53. The molecule has 0 saturated carbocycles. The zero-order valence-corrected chi connectivity index (χ0v) is 16.2. The summed E-state index contributed by atoms with van der Waals surface area (Å²) in [5.74, 6) is -0.0341. The predicted molar refractivity (Wildman–Crippen MR) is 113 cm³/mol. The first kappa shape index (κ1) is 17.8. The molecule has 0 radical (unpaired) electrons. The molecule has 146 valence electrons. The Morgan fingerprint density at radius 2 is 1.77 bits per heavy atom. The van der Waals surface area contributed by atoms with Gasteiger partial charge in [-0.2, -0.15) is 10.4 Å². The smallest absolute Gasteiger partial charge is 0.229 e. The minimum atomic E-state index is -0.595. The Hall–Kier alpha value is -4.24. The van der Waals surface area contributed by atoms with E-state index in [1.54, 1.807) is 10.7 Å². The molecular weight excluding hydrogens is 376 g/mol. The van der Waals surface area contributed by atoms with Crippen molar-refractivity contribution in [3.63, 3.8) is 0 Å². The number of aromatic nitrogens is 2. The number of nitriles is 1. The third-order valence-electron chi connectivity index (χ3n) is 5.47. The number of ether oxygens (including phenoxy) is 1. The van der Waals surface area contributed by atoms with Crippen molar-refractivity contribution >= 4 is 10.8 Å². The van der Waals surface area contributed by atoms with Gasteiger partial charge in [-0.05, 0) is 35.9 Å². The van der Waals surface area contributed by atoms with Gasteiger partial charge in [-0.15, -0.1) is 0 Å². The van der Waals surface area contributed by atoms with E-state index in [0.717, 1.165) is 22.0 Å². The van der Waals surface area contributed by atoms with Crippen LogP contribution in [0.25, 0.3) is 16.5 Å². The Morgan fingerprint density at radius 3 is 2.53 bits per heavy atom. The number of para-hydroxylation sites is 1. The molecule has 1 aromatic heterocycles. The zero-order valence-electron chi connectivity index (χ0n) is 16.2. The molecule has 1 aliphatic rings. The Balaban J connectivity index is 1.84. The highest BCUT2D eigenvalue weighted by Crippen LogP contribution is 2.48. The topological polar surface area (TPSA) is 97.1 Å². The molecule has 3 aromatic carbocycles. The molecule has 3 N–H and O–H groups in total. The fourth-order valence-electron chi connectivity index (χ4n) is 4.13. The summed E-state index contributed by atoms with van der Waals surface area (Å²) in [6.07, 6.45) is 0. The summed E-state index contributed by atoms with van der Waals surface area (Å²) in [5, 5.41) is 27.3. The van der Waals surface area contributed by atoms with E-state index >= 15 is 0 Å². The maximum Gasteiger partial charge on any atom is 0.229 e. The largest absolute Gasteiger partial charge is 0.508 e. The molecule has 1 aliphatic heterocycles. The molecule has 0 spiro atoms. The number of nitrogens with zero attached hydrogens (tertiary/aromatic N) is 3. The van der Waals surface area contributed by atoms with Crippen molar-refractivity contribution in [2.45, 2.75) is 12.8 Å². The van der Waals surface area contributed by atoms with Gasteiger partial charge < -0.3 is 15.6 Å². The molecule has 2 heterocycles. The number of allylic oxidation sites excluding steroid dienone is 1. The first-order valence-electron chi connectivity index (χ1n) is 9.53. The van der Waals surface area contributed by atoms with E-state index < -0.39 is 5.92 Å². The maximum atomic E-state index is 10.9. The van der Waals surface area contributed by atoms with Crippen LogP contribution in [0.2, 0.25) is 0 Å². The van der Waals surface area contributed by atoms with Gasteiger partial charge in [0.05, 0.1) is 22.9 Å². The fraction of sp³-hybridized carbons (Fsp3) is 0.0833. The van der Waals surface area contributed by atoms with E-state index in [-0.39, 0.29) is 17.2 Å². The molecular formula is C24H18N4O2. The molecule has 4 aromatic rings. The summed E-state index contributed by atoms with van der Waals surface area (Å²) in [6, 6.07) is 23.0. The zero-order chi connectivity index (χ0) is 20.8. The lowest BCUT2D eigenvalue weighted by molar-refractivity contribution is 0.366. The highest BCUT2D eigenvalue weighted by Gasteiger charge is 2.38. The summed E-state index contributed by atoms with van der Waals surface area (Å²) in [4.78, 5) is 0. The summed E-state index contributed by atoms with van der Waals surface area (Å²) in [5.41, 5.74) is 9.30. The highest BCUT2D eigenvalue weighted by atomic mass is 16.5. The molecule has 0 unspecified atom stereocenters. The third kappa shape index (κ3) is 2.53. The van der Waals surface area contributed by atoms with Crippen molar-refractivity contribution in [2.24, 2.45) is 5.73 Å². The van der Waals surface area contributed by atoms with E-state index in [1.807, 2.05) is 67.6 Å². The van der Waals surface area contributed by atoms with Gasteiger partial charge in [-0.25, -0.2) is 4.68 Å². The Kier molecular flexibility index (Phi) is 3.97. The number of aryl methyl sites for hydroxylation is 1. The number of rotatable bonds is 2. The van der Waals surface area contributed by atoms with Gasteiger partial charge in [-0.3, -0.25) is 0 Å². The molecule has 30 heavy (non-hydrogen) atoms. The van der Waals surface area contributed by atoms with Crippen LogP contribution in [-0.4, -0.2) is 14.9 Å². The second kappa shape index (κ2) is 6.68. The van der Waals surface area contributed by atoms with Crippen LogP contribution in [-0.2, 0) is 0 Å². The van der Waals surface area contributed by atoms with Crippen molar-refractivity contribution in [1.82, 2.24) is 9.78 Å². The number of aromatic hydroxyl groups is 1. The van der Waals surface area contributed by atoms with E-state index in [1.165, 1.54) is 0 Å². The van der Waals surface area contributed by atoms with Gasteiger partial charge in [0, 0.05) is 5.56 Å². The van der Waals surface area contributed by atoms with Crippen molar-refractivity contribution in [3.8, 4) is 23.4 Å². The minimum Gasteiger partial charge on any atom is -0.508 e. The lowest BCUT2D eigenvalue weighted by Crippen LogP contribution is -2.22. The van der Waals surface area contributed by atoms with Crippen molar-refractivity contribution < 1.29 is 9.84 Å². The fourth-order valence-corrected chi connectivity index (χ4v) is 4.13. The van der Waals surface area contributed by atoms with Gasteiger partial charge in [0.2, 0.25) is 11.8 Å². The molecule has 0 saturated heterocycles. The number of hydrogen-bond acceptors (Lipinski definition) is 5. The number of phenols is 1. The maximum absolute atomic E-state index is 10.9. The van der Waals surface area contributed by atoms with Crippen LogP contribution in [0, 0.1) is 18.3 Å². The highest BCUT2D eigenvalue weighted by molar-refractivity contribution is 5.89. The lowest BCUT2D eigenvalue weighted by atomic mass is 9.81. The first-order chi connectivity index (χ1) is 14.6. The summed E-state index contributed by atoms with van der Waals surface area (Å²) < 4.78 is 7.58. The monoisotopic (exact) mass is 394 g/mol. The molecule has 0 fully saturated rings. The number of nitrogens with two attached hydrogens (primary N) is 1. The molecule has 6 nitrogen and oxygen atoms in total. The van der Waals surface area contributed by atoms with Gasteiger partial charge in [0.15, 0.2) is 0 Å². The van der Waals surface area contributed by atoms with Crippen LogP contribution in [0.1, 0.15) is 22.7 Å². The number of benzene rings is 3. The number of phenolic OH excluding ortho intramolecular Hbond substituents is 1. The van der Waals surface area contributed by atoms with Crippen LogP contribution < -0.4 is 10.5 Å². The average Bonchev–Trinajstić information content (AvgIpc) is 3.09. The standard InChI is InChI=1S/C24H18N4O2/c1-14-20-22(21-17-10-6-5-7-15(17)11-12-19(21)29)18(13-25)23(26)30-24(20)28(27-14)16-8-3-2-4-9-16/h2-12,22,29H,26H2,1H3/t22-/m1/s1. The van der Waals surface area contributed by atoms with Gasteiger partial charge in [0.25, 0.3) is 0 Å². The summed E-state index contributed by atoms with van der Waals surface area (Å²) >= 11 is 0. The Bertz CT molecular complexity index is 1360. The van der Waals surface area contributed by atoms with Crippen LogP contribution >= 0.6 is 0 Å². The predicted octanol–water partition coefficient (Wildman–Crippen LogP) is 4.26.